The topological polar surface area (TPSA) is 64.0 Å². The maximum Gasteiger partial charge on any atom is 0.274 e. The van der Waals surface area contributed by atoms with Crippen LogP contribution in [0, 0.1) is 6.92 Å². The third-order valence-corrected chi connectivity index (χ3v) is 5.71. The molecular weight excluding hydrogens is 362 g/mol. The predicted molar refractivity (Wildman–Crippen MR) is 116 cm³/mol. The molecule has 3 aromatic rings. The van der Waals surface area contributed by atoms with Crippen molar-refractivity contribution in [3.05, 3.63) is 64.4 Å². The van der Waals surface area contributed by atoms with E-state index < -0.39 is 0 Å². The van der Waals surface area contributed by atoms with Gasteiger partial charge in [0.1, 0.15) is 0 Å². The first-order valence-corrected chi connectivity index (χ1v) is 10.5. The van der Waals surface area contributed by atoms with Crippen LogP contribution in [0.25, 0.3) is 22.0 Å². The number of nitrogens with zero attached hydrogens (tertiary/aromatic N) is 2. The molecule has 1 amide bonds. The number of aromatic nitrogens is 2. The van der Waals surface area contributed by atoms with E-state index in [4.69, 9.17) is 0 Å². The molecule has 1 aliphatic carbocycles. The highest BCUT2D eigenvalue weighted by atomic mass is 16.2. The van der Waals surface area contributed by atoms with E-state index in [1.54, 1.807) is 0 Å². The van der Waals surface area contributed by atoms with Crippen LogP contribution in [-0.4, -0.2) is 21.7 Å². The first-order valence-electron chi connectivity index (χ1n) is 10.5. The van der Waals surface area contributed by atoms with Crippen molar-refractivity contribution in [2.24, 2.45) is 0 Å². The number of benzene rings is 2. The maximum absolute atomic E-state index is 12.9. The summed E-state index contributed by atoms with van der Waals surface area (Å²) in [5.41, 5.74) is 2.76. The minimum absolute atomic E-state index is 0.00403. The van der Waals surface area contributed by atoms with E-state index in [9.17, 15) is 9.59 Å². The number of carbonyl (C=O) groups excluding carboxylic acids is 1. The Labute approximate surface area is 170 Å². The van der Waals surface area contributed by atoms with Gasteiger partial charge in [-0.2, -0.15) is 5.10 Å². The van der Waals surface area contributed by atoms with Crippen LogP contribution < -0.4 is 10.9 Å². The summed E-state index contributed by atoms with van der Waals surface area (Å²) in [6, 6.07) is 15.9. The van der Waals surface area contributed by atoms with Crippen LogP contribution >= 0.6 is 0 Å². The number of hydrogen-bond acceptors (Lipinski definition) is 3. The summed E-state index contributed by atoms with van der Waals surface area (Å²) in [6.07, 6.45) is 5.97. The van der Waals surface area contributed by atoms with Crippen molar-refractivity contribution in [1.29, 1.82) is 0 Å². The predicted octanol–water partition coefficient (Wildman–Crippen LogP) is 4.21. The van der Waals surface area contributed by atoms with E-state index in [-0.39, 0.29) is 30.5 Å². The second kappa shape index (κ2) is 8.60. The molecule has 0 unspecified atom stereocenters. The molecule has 5 nitrogen and oxygen atoms in total. The molecule has 1 N–H and O–H groups in total. The molecule has 5 heteroatoms. The molecule has 1 aliphatic rings. The average Bonchev–Trinajstić information content (AvgIpc) is 2.75. The van der Waals surface area contributed by atoms with Gasteiger partial charge in [0.2, 0.25) is 5.91 Å². The summed E-state index contributed by atoms with van der Waals surface area (Å²) in [5.74, 6) is -0.00403. The van der Waals surface area contributed by atoms with E-state index in [1.165, 1.54) is 29.5 Å². The van der Waals surface area contributed by atoms with Gasteiger partial charge in [0, 0.05) is 23.4 Å². The molecule has 0 atom stereocenters. The molecule has 1 fully saturated rings. The Bertz CT molecular complexity index is 1060. The molecule has 1 saturated carbocycles. The molecule has 0 radical (unpaired) electrons. The molecule has 1 aromatic heterocycles. The van der Waals surface area contributed by atoms with Gasteiger partial charge in [-0.05, 0) is 25.8 Å². The zero-order valence-corrected chi connectivity index (χ0v) is 16.9. The number of fused-ring (bicyclic) bond motifs is 1. The van der Waals surface area contributed by atoms with Crippen molar-refractivity contribution in [2.75, 3.05) is 0 Å². The fraction of sp³-hybridized carbons (Fsp3) is 0.375. The van der Waals surface area contributed by atoms with Crippen LogP contribution in [0.15, 0.2) is 53.3 Å². The Morgan fingerprint density at radius 2 is 1.72 bits per heavy atom. The number of aryl methyl sites for hydroxylation is 2. The molecule has 0 aliphatic heterocycles. The van der Waals surface area contributed by atoms with Crippen LogP contribution in [0.4, 0.5) is 0 Å². The third kappa shape index (κ3) is 4.39. The van der Waals surface area contributed by atoms with Gasteiger partial charge in [-0.3, -0.25) is 9.59 Å². The van der Waals surface area contributed by atoms with Crippen molar-refractivity contribution in [3.8, 4) is 11.3 Å². The Hall–Kier alpha value is -2.95. The molecular formula is C24H27N3O2. The van der Waals surface area contributed by atoms with E-state index >= 15 is 0 Å². The minimum atomic E-state index is -0.151. The second-order valence-corrected chi connectivity index (χ2v) is 7.94. The fourth-order valence-corrected chi connectivity index (χ4v) is 4.07. The van der Waals surface area contributed by atoms with Gasteiger partial charge in [-0.15, -0.1) is 0 Å². The van der Waals surface area contributed by atoms with E-state index in [0.717, 1.165) is 29.5 Å². The highest BCUT2D eigenvalue weighted by Gasteiger charge is 2.17. The normalized spacial score (nSPS) is 14.8. The van der Waals surface area contributed by atoms with Gasteiger partial charge in [-0.25, -0.2) is 4.68 Å². The van der Waals surface area contributed by atoms with E-state index in [2.05, 4.69) is 10.4 Å². The Morgan fingerprint density at radius 3 is 2.45 bits per heavy atom. The molecule has 29 heavy (non-hydrogen) atoms. The number of hydrogen-bond donors (Lipinski definition) is 1. The lowest BCUT2D eigenvalue weighted by molar-refractivity contribution is -0.122. The fourth-order valence-electron chi connectivity index (χ4n) is 4.07. The first kappa shape index (κ1) is 19.4. The zero-order chi connectivity index (χ0) is 20.2. The maximum atomic E-state index is 12.9. The summed E-state index contributed by atoms with van der Waals surface area (Å²) in [6.45, 7) is 2.32. The first-order chi connectivity index (χ1) is 14.1. The summed E-state index contributed by atoms with van der Waals surface area (Å²) in [5, 5.41) is 9.23. The average molecular weight is 389 g/mol. The molecule has 150 valence electrons. The molecule has 0 bridgehead atoms. The monoisotopic (exact) mass is 389 g/mol. The van der Waals surface area contributed by atoms with Gasteiger partial charge in [-0.1, -0.05) is 67.3 Å². The van der Waals surface area contributed by atoms with Crippen LogP contribution in [0.1, 0.15) is 44.1 Å². The second-order valence-electron chi connectivity index (χ2n) is 7.94. The highest BCUT2D eigenvalue weighted by molar-refractivity contribution is 5.93. The van der Waals surface area contributed by atoms with Crippen LogP contribution in [0.5, 0.6) is 0 Å². The van der Waals surface area contributed by atoms with Crippen LogP contribution in [0.2, 0.25) is 0 Å². The van der Waals surface area contributed by atoms with Crippen molar-refractivity contribution in [1.82, 2.24) is 15.1 Å². The summed E-state index contributed by atoms with van der Waals surface area (Å²) < 4.78 is 1.44. The quantitative estimate of drug-likeness (QED) is 0.711. The molecule has 2 aromatic carbocycles. The Balaban J connectivity index is 1.60. The number of amides is 1. The smallest absolute Gasteiger partial charge is 0.274 e. The Morgan fingerprint density at radius 1 is 1.03 bits per heavy atom. The lowest BCUT2D eigenvalue weighted by Gasteiger charge is -2.22. The lowest BCUT2D eigenvalue weighted by Crippen LogP contribution is -2.37. The van der Waals surface area contributed by atoms with Gasteiger partial charge < -0.3 is 5.32 Å². The minimum Gasteiger partial charge on any atom is -0.353 e. The molecule has 0 saturated heterocycles. The lowest BCUT2D eigenvalue weighted by atomic mass is 9.95. The van der Waals surface area contributed by atoms with Crippen molar-refractivity contribution >= 4 is 16.7 Å². The molecule has 1 heterocycles. The standard InChI is InChI=1S/C24H27N3O2/c1-17-11-13-18(14-12-17)23-20-9-5-6-10-21(20)24(29)27(26-23)16-15-22(28)25-19-7-3-2-4-8-19/h5-6,9-14,19H,2-4,7-8,15-16H2,1H3,(H,25,28). The zero-order valence-electron chi connectivity index (χ0n) is 16.9. The van der Waals surface area contributed by atoms with Gasteiger partial charge >= 0.3 is 0 Å². The summed E-state index contributed by atoms with van der Waals surface area (Å²) >= 11 is 0. The molecule has 0 spiro atoms. The van der Waals surface area contributed by atoms with Crippen molar-refractivity contribution in [2.45, 2.75) is 58.0 Å². The van der Waals surface area contributed by atoms with E-state index in [0.29, 0.717) is 5.39 Å². The Kier molecular flexibility index (Phi) is 5.74. The van der Waals surface area contributed by atoms with Gasteiger partial charge in [0.05, 0.1) is 17.6 Å². The number of rotatable bonds is 5. The number of nitrogens with one attached hydrogen (secondary N) is 1. The summed E-state index contributed by atoms with van der Waals surface area (Å²) in [7, 11) is 0. The van der Waals surface area contributed by atoms with Gasteiger partial charge in [0.25, 0.3) is 5.56 Å². The highest BCUT2D eigenvalue weighted by Crippen LogP contribution is 2.25. The van der Waals surface area contributed by atoms with Crippen molar-refractivity contribution in [3.63, 3.8) is 0 Å². The van der Waals surface area contributed by atoms with E-state index in [1.807, 2.05) is 55.5 Å². The number of carbonyl (C=O) groups is 1. The SMILES string of the molecule is Cc1ccc(-c2nn(CCC(=O)NC3CCCCC3)c(=O)c3ccccc23)cc1. The summed E-state index contributed by atoms with van der Waals surface area (Å²) in [4.78, 5) is 25.3. The molecule has 4 rings (SSSR count). The van der Waals surface area contributed by atoms with Crippen LogP contribution in [0.3, 0.4) is 0 Å². The van der Waals surface area contributed by atoms with Crippen molar-refractivity contribution < 1.29 is 4.79 Å². The van der Waals surface area contributed by atoms with Crippen LogP contribution in [-0.2, 0) is 11.3 Å². The largest absolute Gasteiger partial charge is 0.353 e. The van der Waals surface area contributed by atoms with Gasteiger partial charge in [0.15, 0.2) is 0 Å². The third-order valence-electron chi connectivity index (χ3n) is 5.71.